The van der Waals surface area contributed by atoms with Crippen molar-refractivity contribution in [1.82, 2.24) is 9.27 Å². The first kappa shape index (κ1) is 13.3. The van der Waals surface area contributed by atoms with Crippen LogP contribution in [-0.2, 0) is 0 Å². The molecular formula is C14H20N2OS. The molecule has 0 spiro atoms. The summed E-state index contributed by atoms with van der Waals surface area (Å²) in [4.78, 5) is 2.41. The minimum absolute atomic E-state index is 0.740. The number of aromatic nitrogens is 1. The fourth-order valence-corrected chi connectivity index (χ4v) is 2.69. The Balaban J connectivity index is 1.83. The van der Waals surface area contributed by atoms with E-state index in [1.807, 2.05) is 12.1 Å². The summed E-state index contributed by atoms with van der Waals surface area (Å²) in [5.74, 6) is 0.787. The van der Waals surface area contributed by atoms with Gasteiger partial charge in [-0.3, -0.25) is 0 Å². The van der Waals surface area contributed by atoms with Crippen LogP contribution in [0.2, 0.25) is 0 Å². The summed E-state index contributed by atoms with van der Waals surface area (Å²) in [5, 5.41) is 1.13. The number of nitrogens with zero attached hydrogens (tertiary/aromatic N) is 2. The van der Waals surface area contributed by atoms with Gasteiger partial charge in [0.1, 0.15) is 0 Å². The molecule has 1 heterocycles. The van der Waals surface area contributed by atoms with Crippen LogP contribution >= 0.6 is 11.5 Å². The second-order valence-electron chi connectivity index (χ2n) is 4.21. The third kappa shape index (κ3) is 3.21. The van der Waals surface area contributed by atoms with Gasteiger partial charge in [0.15, 0.2) is 0 Å². The number of fused-ring (bicyclic) bond motifs is 1. The predicted molar refractivity (Wildman–Crippen MR) is 77.5 cm³/mol. The molecule has 0 atom stereocenters. The van der Waals surface area contributed by atoms with Crippen molar-refractivity contribution in [2.45, 2.75) is 20.3 Å². The maximum atomic E-state index is 5.77. The van der Waals surface area contributed by atoms with E-state index in [0.717, 1.165) is 43.9 Å². The lowest BCUT2D eigenvalue weighted by Gasteiger charge is -2.17. The molecule has 0 aliphatic rings. The van der Waals surface area contributed by atoms with Crippen molar-refractivity contribution in [2.24, 2.45) is 0 Å². The van der Waals surface area contributed by atoms with Gasteiger partial charge in [0.2, 0.25) is 5.88 Å². The quantitative estimate of drug-likeness (QED) is 0.717. The van der Waals surface area contributed by atoms with E-state index in [1.165, 1.54) is 16.2 Å². The van der Waals surface area contributed by atoms with E-state index >= 15 is 0 Å². The van der Waals surface area contributed by atoms with Gasteiger partial charge in [-0.1, -0.05) is 26.0 Å². The summed E-state index contributed by atoms with van der Waals surface area (Å²) >= 11 is 1.50. The van der Waals surface area contributed by atoms with Gasteiger partial charge < -0.3 is 9.64 Å². The maximum absolute atomic E-state index is 5.77. The van der Waals surface area contributed by atoms with Crippen molar-refractivity contribution in [1.29, 1.82) is 0 Å². The predicted octanol–water partition coefficient (Wildman–Crippen LogP) is 3.41. The van der Waals surface area contributed by atoms with Crippen LogP contribution in [-0.4, -0.2) is 35.5 Å². The van der Waals surface area contributed by atoms with Crippen molar-refractivity contribution in [3.8, 4) is 5.88 Å². The Hall–Kier alpha value is -1.13. The molecule has 0 N–H and O–H groups in total. The second kappa shape index (κ2) is 6.71. The van der Waals surface area contributed by atoms with Crippen molar-refractivity contribution in [2.75, 3.05) is 26.2 Å². The van der Waals surface area contributed by atoms with E-state index in [0.29, 0.717) is 0 Å². The van der Waals surface area contributed by atoms with E-state index in [-0.39, 0.29) is 0 Å². The van der Waals surface area contributed by atoms with Crippen molar-refractivity contribution < 1.29 is 4.74 Å². The van der Waals surface area contributed by atoms with E-state index in [2.05, 4.69) is 35.3 Å². The molecule has 2 aromatic rings. The van der Waals surface area contributed by atoms with Crippen molar-refractivity contribution in [3.05, 3.63) is 24.3 Å². The van der Waals surface area contributed by atoms with Crippen LogP contribution in [0.15, 0.2) is 24.3 Å². The van der Waals surface area contributed by atoms with Gasteiger partial charge in [-0.25, -0.2) is 0 Å². The van der Waals surface area contributed by atoms with Crippen LogP contribution in [0.3, 0.4) is 0 Å². The highest BCUT2D eigenvalue weighted by Gasteiger charge is 2.06. The molecule has 1 aromatic heterocycles. The molecule has 0 radical (unpaired) electrons. The standard InChI is InChI=1S/C14H20N2OS/c1-3-16(4-2)10-7-11-17-14-12-8-5-6-9-13(12)18-15-14/h5-6,8-9H,3-4,7,10-11H2,1-2H3. The Kier molecular flexibility index (Phi) is 4.96. The fourth-order valence-electron chi connectivity index (χ4n) is 1.96. The smallest absolute Gasteiger partial charge is 0.233 e. The maximum Gasteiger partial charge on any atom is 0.233 e. The number of hydrogen-bond acceptors (Lipinski definition) is 4. The van der Waals surface area contributed by atoms with Crippen LogP contribution in [0.1, 0.15) is 20.3 Å². The third-order valence-corrected chi connectivity index (χ3v) is 3.91. The summed E-state index contributed by atoms with van der Waals surface area (Å²) < 4.78 is 11.3. The summed E-state index contributed by atoms with van der Waals surface area (Å²) in [5.41, 5.74) is 0. The molecule has 18 heavy (non-hydrogen) atoms. The average Bonchev–Trinajstić information content (AvgIpc) is 2.82. The van der Waals surface area contributed by atoms with Crippen LogP contribution in [0, 0.1) is 0 Å². The van der Waals surface area contributed by atoms with Gasteiger partial charge in [-0.05, 0) is 43.2 Å². The van der Waals surface area contributed by atoms with Gasteiger partial charge in [0.25, 0.3) is 0 Å². The first-order valence-corrected chi connectivity index (χ1v) is 7.32. The first-order valence-electron chi connectivity index (χ1n) is 6.54. The molecule has 98 valence electrons. The van der Waals surface area contributed by atoms with Gasteiger partial charge in [0.05, 0.1) is 16.7 Å². The first-order chi connectivity index (χ1) is 8.85. The molecular weight excluding hydrogens is 244 g/mol. The van der Waals surface area contributed by atoms with Crippen molar-refractivity contribution in [3.63, 3.8) is 0 Å². The largest absolute Gasteiger partial charge is 0.477 e. The topological polar surface area (TPSA) is 25.4 Å². The monoisotopic (exact) mass is 264 g/mol. The van der Waals surface area contributed by atoms with Gasteiger partial charge in [0, 0.05) is 6.54 Å². The molecule has 4 heteroatoms. The minimum atomic E-state index is 0.740. The van der Waals surface area contributed by atoms with E-state index in [1.54, 1.807) is 0 Å². The molecule has 0 saturated heterocycles. The van der Waals surface area contributed by atoms with E-state index in [4.69, 9.17) is 4.74 Å². The Bertz CT molecular complexity index is 479. The van der Waals surface area contributed by atoms with Gasteiger partial charge in [-0.15, -0.1) is 0 Å². The SMILES string of the molecule is CCN(CC)CCCOc1nsc2ccccc12. The number of benzene rings is 1. The Morgan fingerprint density at radius 1 is 1.22 bits per heavy atom. The Morgan fingerprint density at radius 2 is 2.00 bits per heavy atom. The molecule has 1 aromatic carbocycles. The zero-order valence-electron chi connectivity index (χ0n) is 11.1. The van der Waals surface area contributed by atoms with Gasteiger partial charge in [-0.2, -0.15) is 4.37 Å². The molecule has 0 bridgehead atoms. The fraction of sp³-hybridized carbons (Fsp3) is 0.500. The average molecular weight is 264 g/mol. The molecule has 2 rings (SSSR count). The van der Waals surface area contributed by atoms with Gasteiger partial charge >= 0.3 is 0 Å². The minimum Gasteiger partial charge on any atom is -0.477 e. The van der Waals surface area contributed by atoms with Crippen molar-refractivity contribution >= 4 is 21.6 Å². The zero-order valence-corrected chi connectivity index (χ0v) is 11.9. The summed E-state index contributed by atoms with van der Waals surface area (Å²) in [6.07, 6.45) is 1.05. The lowest BCUT2D eigenvalue weighted by molar-refractivity contribution is 0.247. The lowest BCUT2D eigenvalue weighted by atomic mass is 10.3. The third-order valence-electron chi connectivity index (χ3n) is 3.10. The summed E-state index contributed by atoms with van der Waals surface area (Å²) in [6, 6.07) is 8.21. The highest BCUT2D eigenvalue weighted by molar-refractivity contribution is 7.13. The van der Waals surface area contributed by atoms with E-state index < -0.39 is 0 Å². The molecule has 0 saturated carbocycles. The summed E-state index contributed by atoms with van der Waals surface area (Å²) in [7, 11) is 0. The lowest BCUT2D eigenvalue weighted by Crippen LogP contribution is -2.25. The normalized spacial score (nSPS) is 11.3. The molecule has 0 fully saturated rings. The molecule has 3 nitrogen and oxygen atoms in total. The molecule has 0 amide bonds. The summed E-state index contributed by atoms with van der Waals surface area (Å²) in [6.45, 7) is 8.43. The molecule has 0 unspecified atom stereocenters. The second-order valence-corrected chi connectivity index (χ2v) is 5.02. The number of hydrogen-bond donors (Lipinski definition) is 0. The van der Waals surface area contributed by atoms with Crippen LogP contribution in [0.5, 0.6) is 5.88 Å². The van der Waals surface area contributed by atoms with Crippen LogP contribution in [0.25, 0.3) is 10.1 Å². The highest BCUT2D eigenvalue weighted by Crippen LogP contribution is 2.27. The zero-order chi connectivity index (χ0) is 12.8. The Morgan fingerprint density at radius 3 is 2.78 bits per heavy atom. The highest BCUT2D eigenvalue weighted by atomic mass is 32.1. The molecule has 0 aliphatic carbocycles. The van der Waals surface area contributed by atoms with Crippen LogP contribution in [0.4, 0.5) is 0 Å². The van der Waals surface area contributed by atoms with Crippen LogP contribution < -0.4 is 4.74 Å². The molecule has 0 aliphatic heterocycles. The number of rotatable bonds is 7. The van der Waals surface area contributed by atoms with E-state index in [9.17, 15) is 0 Å². The Labute approximate surface area is 113 Å². The number of ether oxygens (including phenoxy) is 1.